The first kappa shape index (κ1) is 13.8. The first-order valence-electron chi connectivity index (χ1n) is 7.64. The van der Waals surface area contributed by atoms with E-state index in [0.717, 1.165) is 30.0 Å². The Morgan fingerprint density at radius 1 is 0.905 bits per heavy atom. The van der Waals surface area contributed by atoms with Gasteiger partial charge in [-0.3, -0.25) is 0 Å². The second-order valence-electron chi connectivity index (χ2n) is 4.88. The molecule has 0 aliphatic carbocycles. The number of rotatable bonds is 7. The van der Waals surface area contributed by atoms with Gasteiger partial charge in [0.25, 0.3) is 0 Å². The lowest BCUT2D eigenvalue weighted by Gasteiger charge is -2.19. The van der Waals surface area contributed by atoms with Gasteiger partial charge in [0.1, 0.15) is 11.5 Å². The third-order valence-corrected chi connectivity index (χ3v) is 3.47. The van der Waals surface area contributed by atoms with Crippen LogP contribution in [-0.2, 0) is 6.42 Å². The minimum absolute atomic E-state index is 0.282. The molecule has 2 aromatic rings. The van der Waals surface area contributed by atoms with Crippen LogP contribution in [0.5, 0.6) is 11.5 Å². The maximum atomic E-state index is 8.31. The quantitative estimate of drug-likeness (QED) is 0.773. The minimum atomic E-state index is -0.282. The van der Waals surface area contributed by atoms with E-state index in [2.05, 4.69) is 12.1 Å². The van der Waals surface area contributed by atoms with Crippen molar-refractivity contribution in [1.29, 1.82) is 0 Å². The molecule has 2 rings (SSSR count). The van der Waals surface area contributed by atoms with Gasteiger partial charge >= 0.3 is 0 Å². The smallest absolute Gasteiger partial charge is 0.119 e. The highest BCUT2D eigenvalue weighted by Crippen LogP contribution is 2.19. The van der Waals surface area contributed by atoms with Crippen LogP contribution in [0.25, 0.3) is 0 Å². The van der Waals surface area contributed by atoms with E-state index in [9.17, 15) is 0 Å². The molecule has 21 heavy (non-hydrogen) atoms. The molecule has 0 spiro atoms. The minimum Gasteiger partial charge on any atom is -0.497 e. The summed E-state index contributed by atoms with van der Waals surface area (Å²) in [6.07, 6.45) is 1.65. The van der Waals surface area contributed by atoms with Crippen molar-refractivity contribution in [2.45, 2.75) is 12.8 Å². The zero-order valence-corrected chi connectivity index (χ0v) is 12.9. The summed E-state index contributed by atoms with van der Waals surface area (Å²) in [6, 6.07) is 15.8. The van der Waals surface area contributed by atoms with Crippen LogP contribution in [0, 0.1) is 0 Å². The van der Waals surface area contributed by atoms with Crippen molar-refractivity contribution < 1.29 is 10.8 Å². The van der Waals surface area contributed by atoms with Crippen LogP contribution in [0.2, 0.25) is 0 Å². The Kier molecular flexibility index (Phi) is 4.98. The lowest BCUT2D eigenvalue weighted by atomic mass is 10.1. The predicted molar refractivity (Wildman–Crippen MR) is 87.6 cm³/mol. The van der Waals surface area contributed by atoms with Gasteiger partial charge < -0.3 is 14.4 Å². The molecule has 0 aliphatic rings. The Labute approximate surface area is 128 Å². The van der Waals surface area contributed by atoms with E-state index >= 15 is 0 Å². The standard InChI is InChI=1S/C18H23NO2/c1-19(16-8-12-18(21-3)13-9-16)14-4-5-15-6-10-17(20-2)11-7-15/h6-13H,4-5,14H2,1-3H3/i14D/t14-/m1/s1. The summed E-state index contributed by atoms with van der Waals surface area (Å²) >= 11 is 0. The molecule has 0 saturated heterocycles. The number of hydrogen-bond donors (Lipinski definition) is 0. The van der Waals surface area contributed by atoms with Crippen molar-refractivity contribution in [2.24, 2.45) is 0 Å². The van der Waals surface area contributed by atoms with Gasteiger partial charge in [-0.1, -0.05) is 12.1 Å². The Balaban J connectivity index is 1.90. The van der Waals surface area contributed by atoms with Crippen molar-refractivity contribution in [3.8, 4) is 11.5 Å². The van der Waals surface area contributed by atoms with Gasteiger partial charge in [0.05, 0.1) is 14.2 Å². The molecule has 0 saturated carbocycles. The average molecular weight is 286 g/mol. The van der Waals surface area contributed by atoms with E-state index in [1.807, 2.05) is 48.3 Å². The topological polar surface area (TPSA) is 21.7 Å². The normalized spacial score (nSPS) is 12.4. The molecule has 0 amide bonds. The van der Waals surface area contributed by atoms with E-state index in [-0.39, 0.29) is 6.52 Å². The van der Waals surface area contributed by atoms with E-state index in [1.165, 1.54) is 5.56 Å². The Morgan fingerprint density at radius 2 is 1.43 bits per heavy atom. The van der Waals surface area contributed by atoms with Crippen molar-refractivity contribution in [3.05, 3.63) is 54.1 Å². The van der Waals surface area contributed by atoms with Crippen molar-refractivity contribution in [3.63, 3.8) is 0 Å². The molecule has 112 valence electrons. The molecule has 1 atom stereocenters. The summed E-state index contributed by atoms with van der Waals surface area (Å²) in [5.74, 6) is 1.69. The van der Waals surface area contributed by atoms with Gasteiger partial charge in [0, 0.05) is 20.6 Å². The molecule has 0 N–H and O–H groups in total. The molecular weight excluding hydrogens is 262 g/mol. The fourth-order valence-electron chi connectivity index (χ4n) is 2.14. The second-order valence-corrected chi connectivity index (χ2v) is 4.88. The molecule has 2 aromatic carbocycles. The average Bonchev–Trinajstić information content (AvgIpc) is 2.59. The third kappa shape index (κ3) is 4.42. The predicted octanol–water partition coefficient (Wildman–Crippen LogP) is 3.77. The van der Waals surface area contributed by atoms with Crippen LogP contribution < -0.4 is 14.4 Å². The zero-order valence-electron chi connectivity index (χ0n) is 13.9. The third-order valence-electron chi connectivity index (χ3n) is 3.47. The fourth-order valence-corrected chi connectivity index (χ4v) is 2.14. The molecule has 3 heteroatoms. The van der Waals surface area contributed by atoms with Crippen LogP contribution in [0.4, 0.5) is 5.69 Å². The Hall–Kier alpha value is -2.16. The maximum Gasteiger partial charge on any atom is 0.119 e. The van der Waals surface area contributed by atoms with Crippen molar-refractivity contribution >= 4 is 5.69 Å². The molecule has 0 unspecified atom stereocenters. The summed E-state index contributed by atoms with van der Waals surface area (Å²) in [4.78, 5) is 1.98. The van der Waals surface area contributed by atoms with Gasteiger partial charge in [-0.2, -0.15) is 0 Å². The number of nitrogens with zero attached hydrogens (tertiary/aromatic N) is 1. The molecule has 0 fully saturated rings. The highest BCUT2D eigenvalue weighted by Gasteiger charge is 2.02. The largest absolute Gasteiger partial charge is 0.497 e. The summed E-state index contributed by atoms with van der Waals surface area (Å²) in [5.41, 5.74) is 2.25. The highest BCUT2D eigenvalue weighted by atomic mass is 16.5. The number of benzene rings is 2. The highest BCUT2D eigenvalue weighted by molar-refractivity contribution is 5.48. The van der Waals surface area contributed by atoms with Crippen molar-refractivity contribution in [2.75, 3.05) is 32.7 Å². The zero-order chi connectivity index (χ0) is 15.9. The molecule has 3 nitrogen and oxygen atoms in total. The van der Waals surface area contributed by atoms with Crippen LogP contribution in [0.15, 0.2) is 48.5 Å². The monoisotopic (exact) mass is 286 g/mol. The van der Waals surface area contributed by atoms with Crippen LogP contribution in [0.1, 0.15) is 13.4 Å². The summed E-state index contributed by atoms with van der Waals surface area (Å²) in [7, 11) is 5.27. The fraction of sp³-hybridized carbons (Fsp3) is 0.333. The van der Waals surface area contributed by atoms with E-state index < -0.39 is 0 Å². The number of ether oxygens (including phenoxy) is 2. The van der Waals surface area contributed by atoms with E-state index in [0.29, 0.717) is 0 Å². The lowest BCUT2D eigenvalue weighted by Crippen LogP contribution is -2.18. The van der Waals surface area contributed by atoms with Gasteiger partial charge in [0.15, 0.2) is 0 Å². The molecule has 0 radical (unpaired) electrons. The molecule has 0 aliphatic heterocycles. The number of aryl methyl sites for hydroxylation is 1. The maximum absolute atomic E-state index is 8.31. The Bertz CT molecular complexity index is 569. The van der Waals surface area contributed by atoms with E-state index in [4.69, 9.17) is 10.8 Å². The van der Waals surface area contributed by atoms with E-state index in [1.54, 1.807) is 14.2 Å². The van der Waals surface area contributed by atoms with Crippen molar-refractivity contribution in [1.82, 2.24) is 0 Å². The SMILES string of the molecule is [2H][C@H](CCc1ccc(OC)cc1)N(C)c1ccc(OC)cc1. The molecule has 0 bridgehead atoms. The first-order chi connectivity index (χ1) is 10.6. The van der Waals surface area contributed by atoms with Gasteiger partial charge in [-0.15, -0.1) is 0 Å². The second kappa shape index (κ2) is 7.58. The van der Waals surface area contributed by atoms with Gasteiger partial charge in [-0.05, 0) is 54.8 Å². The number of hydrogen-bond acceptors (Lipinski definition) is 3. The summed E-state index contributed by atoms with van der Waals surface area (Å²) < 4.78 is 18.6. The number of anilines is 1. The van der Waals surface area contributed by atoms with Crippen LogP contribution in [-0.4, -0.2) is 27.8 Å². The molecular formula is C18H23NO2. The van der Waals surface area contributed by atoms with Gasteiger partial charge in [-0.25, -0.2) is 0 Å². The number of methoxy groups -OCH3 is 2. The van der Waals surface area contributed by atoms with Gasteiger partial charge in [0.2, 0.25) is 0 Å². The molecule has 0 aromatic heterocycles. The summed E-state index contributed by atoms with van der Waals surface area (Å²) in [6.45, 7) is -0.282. The lowest BCUT2D eigenvalue weighted by molar-refractivity contribution is 0.414. The Morgan fingerprint density at radius 3 is 1.95 bits per heavy atom. The van der Waals surface area contributed by atoms with Crippen LogP contribution in [0.3, 0.4) is 0 Å². The van der Waals surface area contributed by atoms with Crippen LogP contribution >= 0.6 is 0 Å². The summed E-state index contributed by atoms with van der Waals surface area (Å²) in [5, 5.41) is 0. The first-order valence-corrected chi connectivity index (χ1v) is 7.06. The molecule has 0 heterocycles.